The van der Waals surface area contributed by atoms with Crippen LogP contribution in [0.2, 0.25) is 0 Å². The Morgan fingerprint density at radius 2 is 1.64 bits per heavy atom. The molecule has 0 spiro atoms. The summed E-state index contributed by atoms with van der Waals surface area (Å²) in [6.07, 6.45) is 1.40. The molecule has 190 valence electrons. The molecule has 1 heterocycles. The largest absolute Gasteiger partial charge is 0.497 e. The first-order chi connectivity index (χ1) is 17.2. The highest BCUT2D eigenvalue weighted by Gasteiger charge is 2.40. The molecule has 1 aliphatic heterocycles. The van der Waals surface area contributed by atoms with Crippen molar-refractivity contribution in [2.45, 2.75) is 54.7 Å². The van der Waals surface area contributed by atoms with Crippen molar-refractivity contribution in [3.63, 3.8) is 0 Å². The quantitative estimate of drug-likeness (QED) is 0.389. The molecule has 3 aromatic rings. The second-order valence-electron chi connectivity index (χ2n) is 9.55. The van der Waals surface area contributed by atoms with Crippen LogP contribution in [0, 0.1) is 5.82 Å². The predicted molar refractivity (Wildman–Crippen MR) is 140 cm³/mol. The molecule has 1 aliphatic rings. The van der Waals surface area contributed by atoms with Crippen molar-refractivity contribution < 1.29 is 23.4 Å². The number of methoxy groups -OCH3 is 1. The van der Waals surface area contributed by atoms with E-state index >= 15 is 0 Å². The van der Waals surface area contributed by atoms with Crippen LogP contribution in [-0.4, -0.2) is 37.6 Å². The zero-order valence-corrected chi connectivity index (χ0v) is 21.9. The van der Waals surface area contributed by atoms with Gasteiger partial charge in [-0.25, -0.2) is 4.39 Å². The van der Waals surface area contributed by atoms with E-state index in [4.69, 9.17) is 14.2 Å². The molecule has 36 heavy (non-hydrogen) atoms. The van der Waals surface area contributed by atoms with Crippen LogP contribution in [0.3, 0.4) is 0 Å². The highest BCUT2D eigenvalue weighted by atomic mass is 32.2. The van der Waals surface area contributed by atoms with Gasteiger partial charge in [0.05, 0.1) is 25.9 Å². The Bertz CT molecular complexity index is 1180. The molecule has 7 heteroatoms. The smallest absolute Gasteiger partial charge is 0.217 e. The first-order valence-corrected chi connectivity index (χ1v) is 12.8. The van der Waals surface area contributed by atoms with E-state index in [1.165, 1.54) is 18.7 Å². The number of hydrogen-bond donors (Lipinski definition) is 1. The maximum Gasteiger partial charge on any atom is 0.217 e. The predicted octanol–water partition coefficient (Wildman–Crippen LogP) is 6.24. The van der Waals surface area contributed by atoms with E-state index in [0.29, 0.717) is 25.2 Å². The highest BCUT2D eigenvalue weighted by Crippen LogP contribution is 2.33. The van der Waals surface area contributed by atoms with Gasteiger partial charge < -0.3 is 19.5 Å². The molecule has 0 radical (unpaired) electrons. The fourth-order valence-corrected chi connectivity index (χ4v) is 5.01. The van der Waals surface area contributed by atoms with E-state index in [0.717, 1.165) is 33.1 Å². The third-order valence-corrected chi connectivity index (χ3v) is 7.22. The number of ether oxygens (including phenoxy) is 3. The SMILES string of the molecule is COc1ccc(Sc2ccc(-c3ccc(CCC4(NC(C)=O)COC(C)(C)OC4)cc3)c(F)c2)cc1. The number of amides is 1. The first-order valence-electron chi connectivity index (χ1n) is 11.9. The molecule has 4 rings (SSSR count). The fourth-order valence-electron chi connectivity index (χ4n) is 4.17. The second kappa shape index (κ2) is 11.0. The summed E-state index contributed by atoms with van der Waals surface area (Å²) in [5.74, 6) is -0.235. The van der Waals surface area contributed by atoms with Gasteiger partial charge in [0, 0.05) is 22.3 Å². The molecule has 1 N–H and O–H groups in total. The number of benzene rings is 3. The molecule has 1 saturated heterocycles. The van der Waals surface area contributed by atoms with Crippen LogP contribution in [0.5, 0.6) is 5.75 Å². The summed E-state index contributed by atoms with van der Waals surface area (Å²) < 4.78 is 31.8. The van der Waals surface area contributed by atoms with Gasteiger partial charge in [-0.15, -0.1) is 0 Å². The van der Waals surface area contributed by atoms with Gasteiger partial charge in [-0.3, -0.25) is 4.79 Å². The van der Waals surface area contributed by atoms with Gasteiger partial charge in [-0.05, 0) is 74.2 Å². The molecule has 1 amide bonds. The minimum Gasteiger partial charge on any atom is -0.497 e. The lowest BCUT2D eigenvalue weighted by atomic mass is 9.91. The Balaban J connectivity index is 1.41. The van der Waals surface area contributed by atoms with Crippen LogP contribution < -0.4 is 10.1 Å². The van der Waals surface area contributed by atoms with Crippen LogP contribution in [-0.2, 0) is 20.7 Å². The van der Waals surface area contributed by atoms with Crippen LogP contribution in [0.25, 0.3) is 11.1 Å². The standard InChI is InChI=1S/C29H32FNO4S/c1-20(32)31-29(18-34-28(2,3)35-19-29)16-15-21-5-7-22(8-6-21)26-14-13-25(17-27(26)30)36-24-11-9-23(33-4)10-12-24/h5-14,17H,15-16,18-19H2,1-4H3,(H,31,32). The number of halogens is 1. The molecule has 5 nitrogen and oxygen atoms in total. The van der Waals surface area contributed by atoms with Gasteiger partial charge in [-0.1, -0.05) is 42.1 Å². The van der Waals surface area contributed by atoms with Gasteiger partial charge in [0.1, 0.15) is 11.6 Å². The van der Waals surface area contributed by atoms with E-state index < -0.39 is 11.3 Å². The lowest BCUT2D eigenvalue weighted by Crippen LogP contribution is -2.60. The van der Waals surface area contributed by atoms with Crippen molar-refractivity contribution >= 4 is 17.7 Å². The van der Waals surface area contributed by atoms with Crippen molar-refractivity contribution in [3.05, 3.63) is 78.1 Å². The zero-order valence-electron chi connectivity index (χ0n) is 21.1. The number of aryl methyl sites for hydroxylation is 1. The average Bonchev–Trinajstić information content (AvgIpc) is 2.85. The maximum absolute atomic E-state index is 15.0. The summed E-state index contributed by atoms with van der Waals surface area (Å²) in [7, 11) is 1.63. The number of carbonyl (C=O) groups is 1. The van der Waals surface area contributed by atoms with Crippen molar-refractivity contribution in [2.24, 2.45) is 0 Å². The Hall–Kier alpha value is -2.87. The monoisotopic (exact) mass is 509 g/mol. The van der Waals surface area contributed by atoms with Gasteiger partial charge in [-0.2, -0.15) is 0 Å². The van der Waals surface area contributed by atoms with Crippen molar-refractivity contribution in [3.8, 4) is 16.9 Å². The van der Waals surface area contributed by atoms with Gasteiger partial charge in [0.2, 0.25) is 5.91 Å². The molecule has 1 fully saturated rings. The summed E-state index contributed by atoms with van der Waals surface area (Å²) in [6, 6.07) is 20.9. The molecule has 0 bridgehead atoms. The normalized spacial score (nSPS) is 16.4. The van der Waals surface area contributed by atoms with E-state index in [1.807, 2.05) is 74.5 Å². The van der Waals surface area contributed by atoms with Crippen molar-refractivity contribution in [2.75, 3.05) is 20.3 Å². The van der Waals surface area contributed by atoms with Gasteiger partial charge in [0.15, 0.2) is 5.79 Å². The minimum atomic E-state index is -0.656. The first kappa shape index (κ1) is 26.2. The topological polar surface area (TPSA) is 56.8 Å². The number of rotatable bonds is 8. The Kier molecular flexibility index (Phi) is 8.03. The van der Waals surface area contributed by atoms with Crippen LogP contribution in [0.1, 0.15) is 32.8 Å². The average molecular weight is 510 g/mol. The molecular formula is C29H32FNO4S. The number of hydrogen-bond acceptors (Lipinski definition) is 5. The summed E-state index contributed by atoms with van der Waals surface area (Å²) >= 11 is 1.50. The highest BCUT2D eigenvalue weighted by molar-refractivity contribution is 7.99. The molecule has 0 atom stereocenters. The molecule has 0 saturated carbocycles. The Morgan fingerprint density at radius 1 is 1.00 bits per heavy atom. The third-order valence-electron chi connectivity index (χ3n) is 6.23. The maximum atomic E-state index is 15.0. The minimum absolute atomic E-state index is 0.110. The van der Waals surface area contributed by atoms with E-state index in [1.54, 1.807) is 13.2 Å². The second-order valence-corrected chi connectivity index (χ2v) is 10.7. The van der Waals surface area contributed by atoms with E-state index in [9.17, 15) is 9.18 Å². The van der Waals surface area contributed by atoms with Crippen LogP contribution >= 0.6 is 11.8 Å². The van der Waals surface area contributed by atoms with Gasteiger partial charge >= 0.3 is 0 Å². The third kappa shape index (κ3) is 6.66. The molecule has 0 aromatic heterocycles. The lowest BCUT2D eigenvalue weighted by Gasteiger charge is -2.43. The van der Waals surface area contributed by atoms with E-state index in [2.05, 4.69) is 5.32 Å². The summed E-state index contributed by atoms with van der Waals surface area (Å²) in [5, 5.41) is 3.03. The molecule has 3 aromatic carbocycles. The molecule has 0 unspecified atom stereocenters. The Morgan fingerprint density at radius 3 is 2.22 bits per heavy atom. The zero-order chi connectivity index (χ0) is 25.8. The fraction of sp³-hybridized carbons (Fsp3) is 0.345. The van der Waals surface area contributed by atoms with E-state index in [-0.39, 0.29) is 11.7 Å². The van der Waals surface area contributed by atoms with Crippen LogP contribution in [0.4, 0.5) is 4.39 Å². The summed E-state index contributed by atoms with van der Waals surface area (Å²) in [4.78, 5) is 13.7. The number of nitrogens with one attached hydrogen (secondary N) is 1. The van der Waals surface area contributed by atoms with Crippen LogP contribution in [0.15, 0.2) is 76.5 Å². The van der Waals surface area contributed by atoms with Crippen molar-refractivity contribution in [1.82, 2.24) is 5.32 Å². The molecular weight excluding hydrogens is 477 g/mol. The van der Waals surface area contributed by atoms with Crippen molar-refractivity contribution in [1.29, 1.82) is 0 Å². The summed E-state index contributed by atoms with van der Waals surface area (Å²) in [6.45, 7) is 6.03. The Labute approximate surface area is 216 Å². The number of carbonyl (C=O) groups excluding carboxylic acids is 1. The molecule has 0 aliphatic carbocycles. The van der Waals surface area contributed by atoms with Gasteiger partial charge in [0.25, 0.3) is 0 Å². The lowest BCUT2D eigenvalue weighted by molar-refractivity contribution is -0.271. The summed E-state index contributed by atoms with van der Waals surface area (Å²) in [5.41, 5.74) is 1.91.